The topological polar surface area (TPSA) is 53.3 Å². The van der Waals surface area contributed by atoms with Crippen molar-refractivity contribution in [1.29, 1.82) is 5.26 Å². The van der Waals surface area contributed by atoms with Crippen LogP contribution >= 0.6 is 0 Å². The van der Waals surface area contributed by atoms with E-state index >= 15 is 0 Å². The highest BCUT2D eigenvalue weighted by Crippen LogP contribution is 2.30. The molecule has 0 bridgehead atoms. The average Bonchev–Trinajstić information content (AvgIpc) is 2.43. The van der Waals surface area contributed by atoms with Crippen LogP contribution < -0.4 is 4.90 Å². The number of fused-ring (bicyclic) bond motifs is 1. The molecule has 0 spiro atoms. The van der Waals surface area contributed by atoms with E-state index < -0.39 is 5.97 Å². The van der Waals surface area contributed by atoms with Gasteiger partial charge in [-0.05, 0) is 24.6 Å². The molecule has 0 aliphatic carbocycles. The molecular formula is C15H14N2O2. The van der Waals surface area contributed by atoms with Crippen LogP contribution in [-0.4, -0.2) is 19.6 Å². The maximum absolute atomic E-state index is 11.8. The minimum absolute atomic E-state index is 0.0232. The Balaban J connectivity index is 2.48. The van der Waals surface area contributed by atoms with Gasteiger partial charge in [0.05, 0.1) is 12.3 Å². The molecule has 96 valence electrons. The second kappa shape index (κ2) is 5.40. The highest BCUT2D eigenvalue weighted by molar-refractivity contribution is 5.96. The lowest BCUT2D eigenvalue weighted by molar-refractivity contribution is -0.138. The van der Waals surface area contributed by atoms with Gasteiger partial charge >= 0.3 is 5.97 Å². The Morgan fingerprint density at radius 3 is 2.79 bits per heavy atom. The van der Waals surface area contributed by atoms with E-state index in [-0.39, 0.29) is 12.2 Å². The van der Waals surface area contributed by atoms with Crippen LogP contribution in [0.15, 0.2) is 41.6 Å². The number of likely N-dealkylation sites (N-methyl/N-ethyl adjacent to an activating group) is 1. The number of nitrogens with zero attached hydrogens (tertiary/aromatic N) is 2. The monoisotopic (exact) mass is 254 g/mol. The first kappa shape index (κ1) is 12.9. The number of rotatable bonds is 2. The maximum atomic E-state index is 11.8. The molecule has 2 rings (SSSR count). The Labute approximate surface area is 112 Å². The molecule has 1 aliphatic rings. The molecule has 0 unspecified atom stereocenters. The third-order valence-corrected chi connectivity index (χ3v) is 2.93. The van der Waals surface area contributed by atoms with Gasteiger partial charge in [-0.3, -0.25) is 0 Å². The fourth-order valence-corrected chi connectivity index (χ4v) is 2.01. The summed E-state index contributed by atoms with van der Waals surface area (Å²) in [7, 11) is 1.83. The number of anilines is 1. The lowest BCUT2D eigenvalue weighted by Crippen LogP contribution is -2.23. The van der Waals surface area contributed by atoms with Crippen LogP contribution in [0.25, 0.3) is 6.08 Å². The summed E-state index contributed by atoms with van der Waals surface area (Å²) in [6.45, 7) is 1.97. The van der Waals surface area contributed by atoms with Gasteiger partial charge < -0.3 is 9.64 Å². The number of esters is 1. The highest BCUT2D eigenvalue weighted by atomic mass is 16.5. The van der Waals surface area contributed by atoms with Crippen molar-refractivity contribution in [1.82, 2.24) is 0 Å². The average molecular weight is 254 g/mol. The summed E-state index contributed by atoms with van der Waals surface area (Å²) in [5.74, 6) is -0.587. The van der Waals surface area contributed by atoms with Crippen molar-refractivity contribution in [2.45, 2.75) is 6.92 Å². The zero-order chi connectivity index (χ0) is 13.8. The third-order valence-electron chi connectivity index (χ3n) is 2.93. The lowest BCUT2D eigenvalue weighted by Gasteiger charge is -2.26. The van der Waals surface area contributed by atoms with Gasteiger partial charge in [0.25, 0.3) is 0 Å². The molecule has 0 aromatic heterocycles. The van der Waals surface area contributed by atoms with E-state index in [2.05, 4.69) is 0 Å². The molecule has 1 aromatic carbocycles. The molecule has 0 fully saturated rings. The molecule has 19 heavy (non-hydrogen) atoms. The number of hydrogen-bond donors (Lipinski definition) is 0. The van der Waals surface area contributed by atoms with E-state index in [4.69, 9.17) is 4.74 Å². The van der Waals surface area contributed by atoms with Crippen molar-refractivity contribution in [2.75, 3.05) is 18.6 Å². The SMILES string of the molecule is CCOC(=O)/C(C#N)=C1/C=Cc2ccccc2N1C. The van der Waals surface area contributed by atoms with Crippen molar-refractivity contribution >= 4 is 17.7 Å². The number of benzene rings is 1. The number of ether oxygens (including phenoxy) is 1. The zero-order valence-corrected chi connectivity index (χ0v) is 10.9. The predicted octanol–water partition coefficient (Wildman–Crippen LogP) is 2.49. The largest absolute Gasteiger partial charge is 0.462 e. The summed E-state index contributed by atoms with van der Waals surface area (Å²) in [5, 5.41) is 9.17. The van der Waals surface area contributed by atoms with Crippen LogP contribution in [0.5, 0.6) is 0 Å². The Morgan fingerprint density at radius 1 is 1.37 bits per heavy atom. The van der Waals surface area contributed by atoms with Gasteiger partial charge in [-0.25, -0.2) is 4.79 Å². The van der Waals surface area contributed by atoms with Gasteiger partial charge in [0.1, 0.15) is 6.07 Å². The van der Waals surface area contributed by atoms with Crippen LogP contribution in [0.1, 0.15) is 12.5 Å². The number of carbonyl (C=O) groups excluding carboxylic acids is 1. The molecule has 0 amide bonds. The molecule has 0 radical (unpaired) electrons. The zero-order valence-electron chi connectivity index (χ0n) is 10.9. The molecule has 0 atom stereocenters. The first-order chi connectivity index (χ1) is 9.19. The van der Waals surface area contributed by atoms with Gasteiger partial charge in [0.2, 0.25) is 0 Å². The normalized spacial score (nSPS) is 15.5. The predicted molar refractivity (Wildman–Crippen MR) is 73.2 cm³/mol. The Morgan fingerprint density at radius 2 is 2.11 bits per heavy atom. The first-order valence-electron chi connectivity index (χ1n) is 6.01. The van der Waals surface area contributed by atoms with Crippen molar-refractivity contribution in [3.63, 3.8) is 0 Å². The van der Waals surface area contributed by atoms with Gasteiger partial charge in [0, 0.05) is 12.7 Å². The lowest BCUT2D eigenvalue weighted by atomic mass is 10.0. The third kappa shape index (κ3) is 2.36. The van der Waals surface area contributed by atoms with E-state index in [1.807, 2.05) is 48.4 Å². The van der Waals surface area contributed by atoms with Gasteiger partial charge in [-0.1, -0.05) is 24.3 Å². The molecule has 1 aliphatic heterocycles. The summed E-state index contributed by atoms with van der Waals surface area (Å²) < 4.78 is 4.90. The van der Waals surface area contributed by atoms with Crippen LogP contribution in [0, 0.1) is 11.3 Å². The Hall–Kier alpha value is -2.54. The maximum Gasteiger partial charge on any atom is 0.351 e. The summed E-state index contributed by atoms with van der Waals surface area (Å²) in [5.41, 5.74) is 2.58. The molecular weight excluding hydrogens is 240 g/mol. The van der Waals surface area contributed by atoms with Crippen molar-refractivity contribution in [3.8, 4) is 6.07 Å². The number of para-hydroxylation sites is 1. The Bertz CT molecular complexity index is 609. The second-order valence-electron chi connectivity index (χ2n) is 4.04. The second-order valence-corrected chi connectivity index (χ2v) is 4.04. The Kier molecular flexibility index (Phi) is 3.67. The van der Waals surface area contributed by atoms with Crippen LogP contribution in [0.3, 0.4) is 0 Å². The van der Waals surface area contributed by atoms with Crippen molar-refractivity contribution in [3.05, 3.63) is 47.2 Å². The van der Waals surface area contributed by atoms with Gasteiger partial charge in [-0.2, -0.15) is 5.26 Å². The minimum atomic E-state index is -0.587. The molecule has 4 nitrogen and oxygen atoms in total. The summed E-state index contributed by atoms with van der Waals surface area (Å²) in [6.07, 6.45) is 3.65. The van der Waals surface area contributed by atoms with Crippen LogP contribution in [-0.2, 0) is 9.53 Å². The fraction of sp³-hybridized carbons (Fsp3) is 0.200. The van der Waals surface area contributed by atoms with E-state index in [0.717, 1.165) is 11.3 Å². The molecule has 1 heterocycles. The molecule has 0 N–H and O–H groups in total. The summed E-state index contributed by atoms with van der Waals surface area (Å²) >= 11 is 0. The van der Waals surface area contributed by atoms with E-state index in [1.165, 1.54) is 0 Å². The number of nitriles is 1. The number of hydrogen-bond acceptors (Lipinski definition) is 4. The summed E-state index contributed by atoms with van der Waals surface area (Å²) in [6, 6.07) is 9.72. The quantitative estimate of drug-likeness (QED) is 0.462. The van der Waals surface area contributed by atoms with Gasteiger partial charge in [0.15, 0.2) is 5.57 Å². The van der Waals surface area contributed by atoms with E-state index in [1.54, 1.807) is 13.0 Å². The van der Waals surface area contributed by atoms with Gasteiger partial charge in [-0.15, -0.1) is 0 Å². The molecule has 1 aromatic rings. The van der Waals surface area contributed by atoms with Crippen LogP contribution in [0.4, 0.5) is 5.69 Å². The van der Waals surface area contributed by atoms with Crippen molar-refractivity contribution in [2.24, 2.45) is 0 Å². The standard InChI is InChI=1S/C15H14N2O2/c1-3-19-15(18)12(10-16)14-9-8-11-6-4-5-7-13(11)17(14)2/h4-9H,3H2,1-2H3/b14-12-. The highest BCUT2D eigenvalue weighted by Gasteiger charge is 2.21. The molecule has 0 saturated heterocycles. The number of carbonyl (C=O) groups is 1. The number of allylic oxidation sites excluding steroid dienone is 1. The van der Waals surface area contributed by atoms with E-state index in [0.29, 0.717) is 5.70 Å². The van der Waals surface area contributed by atoms with E-state index in [9.17, 15) is 10.1 Å². The van der Waals surface area contributed by atoms with Crippen molar-refractivity contribution < 1.29 is 9.53 Å². The molecule has 4 heteroatoms. The summed E-state index contributed by atoms with van der Waals surface area (Å²) in [4.78, 5) is 13.6. The smallest absolute Gasteiger partial charge is 0.351 e. The van der Waals surface area contributed by atoms with Crippen LogP contribution in [0.2, 0.25) is 0 Å². The fourth-order valence-electron chi connectivity index (χ4n) is 2.01. The molecule has 0 saturated carbocycles. The minimum Gasteiger partial charge on any atom is -0.462 e. The first-order valence-corrected chi connectivity index (χ1v) is 6.01.